The van der Waals surface area contributed by atoms with Crippen LogP contribution in [0.15, 0.2) is 12.3 Å². The van der Waals surface area contributed by atoms with Crippen LogP contribution in [0.25, 0.3) is 0 Å². The molecule has 1 fully saturated rings. The third kappa shape index (κ3) is 1.59. The number of carbonyl (C=O) groups excluding carboxylic acids is 1. The van der Waals surface area contributed by atoms with Gasteiger partial charge in [0.15, 0.2) is 11.6 Å². The number of halogens is 1. The lowest BCUT2D eigenvalue weighted by molar-refractivity contribution is 0.100. The molecule has 0 radical (unpaired) electrons. The molecule has 0 saturated heterocycles. The summed E-state index contributed by atoms with van der Waals surface area (Å²) < 4.78 is 13.2. The van der Waals surface area contributed by atoms with E-state index >= 15 is 0 Å². The van der Waals surface area contributed by atoms with E-state index in [9.17, 15) is 9.18 Å². The largest absolute Gasteiger partial charge is 0.293 e. The molecule has 13 heavy (non-hydrogen) atoms. The number of pyridine rings is 1. The molecule has 2 nitrogen and oxygen atoms in total. The molecule has 1 saturated carbocycles. The monoisotopic (exact) mass is 179 g/mol. The lowest BCUT2D eigenvalue weighted by atomic mass is 10.1. The van der Waals surface area contributed by atoms with E-state index in [0.29, 0.717) is 5.92 Å². The summed E-state index contributed by atoms with van der Waals surface area (Å²) in [6.07, 6.45) is 3.83. The average Bonchev–Trinajstić information content (AvgIpc) is 2.85. The minimum atomic E-state index is -0.489. The van der Waals surface area contributed by atoms with Crippen molar-refractivity contribution in [1.82, 2.24) is 4.98 Å². The lowest BCUT2D eigenvalue weighted by Gasteiger charge is -2.00. The first-order valence-corrected chi connectivity index (χ1v) is 4.35. The highest BCUT2D eigenvalue weighted by molar-refractivity contribution is 5.92. The molecule has 1 heterocycles. The van der Waals surface area contributed by atoms with Crippen molar-refractivity contribution in [1.29, 1.82) is 0 Å². The third-order valence-corrected chi connectivity index (χ3v) is 2.24. The van der Waals surface area contributed by atoms with E-state index in [2.05, 4.69) is 4.98 Å². The maximum atomic E-state index is 13.2. The van der Waals surface area contributed by atoms with E-state index in [-0.39, 0.29) is 11.5 Å². The van der Waals surface area contributed by atoms with Gasteiger partial charge in [-0.25, -0.2) is 9.37 Å². The van der Waals surface area contributed by atoms with Gasteiger partial charge in [0.25, 0.3) is 0 Å². The van der Waals surface area contributed by atoms with Crippen molar-refractivity contribution in [3.05, 3.63) is 29.3 Å². The Morgan fingerprint density at radius 2 is 2.31 bits per heavy atom. The predicted octanol–water partition coefficient (Wildman–Crippen LogP) is 2.30. The van der Waals surface area contributed by atoms with E-state index in [1.54, 1.807) is 6.20 Å². The van der Waals surface area contributed by atoms with E-state index < -0.39 is 5.82 Å². The summed E-state index contributed by atoms with van der Waals surface area (Å²) in [5.41, 5.74) is 0.868. The van der Waals surface area contributed by atoms with Crippen molar-refractivity contribution in [2.24, 2.45) is 0 Å². The minimum Gasteiger partial charge on any atom is -0.293 e. The van der Waals surface area contributed by atoms with Crippen LogP contribution >= 0.6 is 0 Å². The molecule has 1 aliphatic carbocycles. The van der Waals surface area contributed by atoms with Crippen LogP contribution in [0.3, 0.4) is 0 Å². The smallest absolute Gasteiger partial charge is 0.181 e. The quantitative estimate of drug-likeness (QED) is 0.652. The van der Waals surface area contributed by atoms with Crippen molar-refractivity contribution >= 4 is 5.78 Å². The topological polar surface area (TPSA) is 30.0 Å². The fraction of sp³-hybridized carbons (Fsp3) is 0.400. The first-order valence-electron chi connectivity index (χ1n) is 4.35. The van der Waals surface area contributed by atoms with Gasteiger partial charge in [0.05, 0.1) is 0 Å². The van der Waals surface area contributed by atoms with Crippen molar-refractivity contribution in [3.8, 4) is 0 Å². The summed E-state index contributed by atoms with van der Waals surface area (Å²) in [5.74, 6) is -0.334. The Hall–Kier alpha value is -1.25. The summed E-state index contributed by atoms with van der Waals surface area (Å²) in [6, 6.07) is 1.43. The molecule has 0 spiro atoms. The molecule has 2 rings (SSSR count). The Balaban J connectivity index is 2.36. The molecule has 0 aromatic carbocycles. The maximum absolute atomic E-state index is 13.2. The zero-order valence-corrected chi connectivity index (χ0v) is 7.38. The van der Waals surface area contributed by atoms with Crippen LogP contribution in [0.5, 0.6) is 0 Å². The van der Waals surface area contributed by atoms with Crippen LogP contribution in [0, 0.1) is 5.82 Å². The lowest BCUT2D eigenvalue weighted by Crippen LogP contribution is -2.01. The molecule has 3 heteroatoms. The summed E-state index contributed by atoms with van der Waals surface area (Å²) in [6.45, 7) is 1.32. The molecule has 1 aromatic rings. The molecule has 1 aliphatic rings. The van der Waals surface area contributed by atoms with Gasteiger partial charge in [0.2, 0.25) is 0 Å². The highest BCUT2D eigenvalue weighted by Crippen LogP contribution is 2.39. The molecule has 0 unspecified atom stereocenters. The van der Waals surface area contributed by atoms with E-state index in [4.69, 9.17) is 0 Å². The Labute approximate surface area is 75.8 Å². The molecule has 1 aromatic heterocycles. The fourth-order valence-electron chi connectivity index (χ4n) is 1.35. The van der Waals surface area contributed by atoms with E-state index in [1.807, 2.05) is 0 Å². The number of nitrogens with zero attached hydrogens (tertiary/aromatic N) is 1. The molecule has 0 atom stereocenters. The van der Waals surface area contributed by atoms with Crippen molar-refractivity contribution in [3.63, 3.8) is 0 Å². The standard InChI is InChI=1S/C10H10FNO/c1-6(13)10-9(11)4-8(5-12-10)7-2-3-7/h4-5,7H,2-3H2,1H3. The van der Waals surface area contributed by atoms with E-state index in [0.717, 1.165) is 18.4 Å². The first kappa shape index (κ1) is 8.35. The third-order valence-electron chi connectivity index (χ3n) is 2.24. The summed E-state index contributed by atoms with van der Waals surface area (Å²) >= 11 is 0. The van der Waals surface area contributed by atoms with Gasteiger partial charge in [-0.05, 0) is 30.4 Å². The number of hydrogen-bond donors (Lipinski definition) is 0. The van der Waals surface area contributed by atoms with Crippen LogP contribution in [0.4, 0.5) is 4.39 Å². The van der Waals surface area contributed by atoms with Crippen LogP contribution in [0.1, 0.15) is 41.7 Å². The van der Waals surface area contributed by atoms with Gasteiger partial charge in [-0.1, -0.05) is 0 Å². The number of hydrogen-bond acceptors (Lipinski definition) is 2. The summed E-state index contributed by atoms with van der Waals surface area (Å²) in [4.78, 5) is 14.7. The second-order valence-corrected chi connectivity index (χ2v) is 3.43. The number of carbonyl (C=O) groups is 1. The first-order chi connectivity index (χ1) is 6.18. The van der Waals surface area contributed by atoms with Crippen LogP contribution < -0.4 is 0 Å². The SMILES string of the molecule is CC(=O)c1ncc(C2CC2)cc1F. The molecule has 0 aliphatic heterocycles. The molecule has 0 bridgehead atoms. The summed E-state index contributed by atoms with van der Waals surface area (Å²) in [7, 11) is 0. The Bertz CT molecular complexity index is 358. The zero-order valence-electron chi connectivity index (χ0n) is 7.38. The average molecular weight is 179 g/mol. The van der Waals surface area contributed by atoms with Gasteiger partial charge >= 0.3 is 0 Å². The van der Waals surface area contributed by atoms with Gasteiger partial charge in [-0.3, -0.25) is 4.79 Å². The normalized spacial score (nSPS) is 15.8. The molecule has 68 valence electrons. The van der Waals surface area contributed by atoms with Crippen LogP contribution in [0.2, 0.25) is 0 Å². The van der Waals surface area contributed by atoms with Gasteiger partial charge < -0.3 is 0 Å². The van der Waals surface area contributed by atoms with Crippen molar-refractivity contribution in [2.45, 2.75) is 25.7 Å². The minimum absolute atomic E-state index is 0.0515. The predicted molar refractivity (Wildman–Crippen MR) is 46.2 cm³/mol. The number of rotatable bonds is 2. The van der Waals surface area contributed by atoms with E-state index in [1.165, 1.54) is 13.0 Å². The molecular weight excluding hydrogens is 169 g/mol. The zero-order chi connectivity index (χ0) is 9.42. The summed E-state index contributed by atoms with van der Waals surface area (Å²) in [5, 5.41) is 0. The molecule has 0 N–H and O–H groups in total. The van der Waals surface area contributed by atoms with Crippen LogP contribution in [-0.4, -0.2) is 10.8 Å². The molecular formula is C10H10FNO. The van der Waals surface area contributed by atoms with Crippen molar-refractivity contribution < 1.29 is 9.18 Å². The van der Waals surface area contributed by atoms with Crippen LogP contribution in [-0.2, 0) is 0 Å². The Morgan fingerprint density at radius 1 is 1.62 bits per heavy atom. The maximum Gasteiger partial charge on any atom is 0.181 e. The number of Topliss-reactive ketones (excluding diaryl/α,β-unsaturated/α-hetero) is 1. The Kier molecular flexibility index (Phi) is 1.87. The highest BCUT2D eigenvalue weighted by atomic mass is 19.1. The van der Waals surface area contributed by atoms with Gasteiger partial charge in [0, 0.05) is 13.1 Å². The highest BCUT2D eigenvalue weighted by Gasteiger charge is 2.25. The van der Waals surface area contributed by atoms with Gasteiger partial charge in [-0.2, -0.15) is 0 Å². The second-order valence-electron chi connectivity index (χ2n) is 3.43. The number of aromatic nitrogens is 1. The van der Waals surface area contributed by atoms with Gasteiger partial charge in [-0.15, -0.1) is 0 Å². The number of ketones is 1. The fourth-order valence-corrected chi connectivity index (χ4v) is 1.35. The second kappa shape index (κ2) is 2.91. The van der Waals surface area contributed by atoms with Gasteiger partial charge in [0.1, 0.15) is 5.69 Å². The molecule has 0 amide bonds. The Morgan fingerprint density at radius 3 is 2.77 bits per heavy atom. The van der Waals surface area contributed by atoms with Crippen molar-refractivity contribution in [2.75, 3.05) is 0 Å².